The number of nitrogens with zero attached hydrogens (tertiary/aromatic N) is 4. The molecule has 23 heavy (non-hydrogen) atoms. The second kappa shape index (κ2) is 5.92. The summed E-state index contributed by atoms with van der Waals surface area (Å²) in [6.45, 7) is 1.85. The van der Waals surface area contributed by atoms with Crippen LogP contribution >= 0.6 is 0 Å². The van der Waals surface area contributed by atoms with Gasteiger partial charge in [-0.3, -0.25) is 19.7 Å². The van der Waals surface area contributed by atoms with Gasteiger partial charge in [-0.15, -0.1) is 0 Å². The molecule has 4 rings (SSSR count). The van der Waals surface area contributed by atoms with E-state index >= 15 is 0 Å². The number of non-ortho nitro benzene ring substituents is 1. The summed E-state index contributed by atoms with van der Waals surface area (Å²) in [6.07, 6.45) is 9.74. The quantitative estimate of drug-likeness (QED) is 0.642. The minimum absolute atomic E-state index is 0.133. The minimum Gasteiger partial charge on any atom is -0.281 e. The number of hydrogen-bond acceptors (Lipinski definition) is 4. The van der Waals surface area contributed by atoms with Crippen molar-refractivity contribution in [3.8, 4) is 0 Å². The number of rotatable bonds is 3. The van der Waals surface area contributed by atoms with E-state index in [1.807, 2.05) is 4.68 Å². The van der Waals surface area contributed by atoms with Gasteiger partial charge in [-0.2, -0.15) is 5.10 Å². The smallest absolute Gasteiger partial charge is 0.271 e. The molecule has 6 nitrogen and oxygen atoms in total. The van der Waals surface area contributed by atoms with E-state index < -0.39 is 0 Å². The minimum atomic E-state index is -0.338. The molecular formula is C17H22N4O2. The predicted octanol–water partition coefficient (Wildman–Crippen LogP) is 3.56. The molecule has 2 aliphatic rings. The maximum Gasteiger partial charge on any atom is 0.271 e. The Balaban J connectivity index is 1.61. The molecule has 2 atom stereocenters. The van der Waals surface area contributed by atoms with Crippen LogP contribution in [0.4, 0.5) is 5.69 Å². The summed E-state index contributed by atoms with van der Waals surface area (Å²) < 4.78 is 1.93. The van der Waals surface area contributed by atoms with Gasteiger partial charge in [0.2, 0.25) is 0 Å². The van der Waals surface area contributed by atoms with Gasteiger partial charge in [0.1, 0.15) is 0 Å². The number of nitro benzene ring substituents is 1. The average Bonchev–Trinajstić information content (AvgIpc) is 2.97. The molecule has 2 aromatic rings. The van der Waals surface area contributed by atoms with Gasteiger partial charge in [0.15, 0.2) is 0 Å². The van der Waals surface area contributed by atoms with Crippen LogP contribution in [-0.2, 0) is 6.67 Å². The van der Waals surface area contributed by atoms with E-state index in [1.54, 1.807) is 24.4 Å². The molecular weight excluding hydrogens is 292 g/mol. The van der Waals surface area contributed by atoms with Crippen LogP contribution in [0.1, 0.15) is 38.5 Å². The van der Waals surface area contributed by atoms with Crippen molar-refractivity contribution < 1.29 is 4.92 Å². The Morgan fingerprint density at radius 1 is 1.22 bits per heavy atom. The van der Waals surface area contributed by atoms with E-state index in [-0.39, 0.29) is 10.6 Å². The lowest BCUT2D eigenvalue weighted by Gasteiger charge is -2.44. The molecule has 1 saturated heterocycles. The molecule has 2 heterocycles. The fourth-order valence-electron chi connectivity index (χ4n) is 4.36. The molecule has 6 heteroatoms. The van der Waals surface area contributed by atoms with Crippen LogP contribution in [0.5, 0.6) is 0 Å². The highest BCUT2D eigenvalue weighted by molar-refractivity contribution is 5.80. The Morgan fingerprint density at radius 3 is 2.91 bits per heavy atom. The van der Waals surface area contributed by atoms with Gasteiger partial charge >= 0.3 is 0 Å². The Labute approximate surface area is 135 Å². The SMILES string of the molecule is O=[N+]([O-])c1ccc2cnn(CN3CCC[C@H]4CCCC[C@H]43)c2c1. The first kappa shape index (κ1) is 14.6. The highest BCUT2D eigenvalue weighted by Crippen LogP contribution is 2.35. The summed E-state index contributed by atoms with van der Waals surface area (Å²) in [5.74, 6) is 0.827. The van der Waals surface area contributed by atoms with Gasteiger partial charge < -0.3 is 0 Å². The van der Waals surface area contributed by atoms with Crippen molar-refractivity contribution >= 4 is 16.6 Å². The summed E-state index contributed by atoms with van der Waals surface area (Å²) in [5, 5.41) is 16.5. The molecule has 0 amide bonds. The third-order valence-corrected chi connectivity index (χ3v) is 5.51. The molecule has 1 aliphatic heterocycles. The molecule has 122 valence electrons. The zero-order valence-corrected chi connectivity index (χ0v) is 13.2. The molecule has 1 aliphatic carbocycles. The summed E-state index contributed by atoms with van der Waals surface area (Å²) in [7, 11) is 0. The van der Waals surface area contributed by atoms with Crippen LogP contribution in [0, 0.1) is 16.0 Å². The lowest BCUT2D eigenvalue weighted by Crippen LogP contribution is -2.47. The predicted molar refractivity (Wildman–Crippen MR) is 88.1 cm³/mol. The first-order valence-corrected chi connectivity index (χ1v) is 8.56. The summed E-state index contributed by atoms with van der Waals surface area (Å²) in [4.78, 5) is 13.2. The van der Waals surface area contributed by atoms with Crippen molar-refractivity contribution in [3.63, 3.8) is 0 Å². The fourth-order valence-corrected chi connectivity index (χ4v) is 4.36. The van der Waals surface area contributed by atoms with Crippen molar-refractivity contribution in [1.82, 2.24) is 14.7 Å². The molecule has 0 spiro atoms. The van der Waals surface area contributed by atoms with E-state index in [1.165, 1.54) is 38.5 Å². The highest BCUT2D eigenvalue weighted by Gasteiger charge is 2.33. The van der Waals surface area contributed by atoms with Gasteiger partial charge in [0.25, 0.3) is 5.69 Å². The molecule has 0 N–H and O–H groups in total. The van der Waals surface area contributed by atoms with Crippen LogP contribution < -0.4 is 0 Å². The Kier molecular flexibility index (Phi) is 3.77. The molecule has 1 aromatic carbocycles. The van der Waals surface area contributed by atoms with E-state index in [0.29, 0.717) is 6.04 Å². The zero-order chi connectivity index (χ0) is 15.8. The van der Waals surface area contributed by atoms with E-state index in [4.69, 9.17) is 0 Å². The summed E-state index contributed by atoms with van der Waals surface area (Å²) in [5.41, 5.74) is 0.991. The van der Waals surface area contributed by atoms with Crippen molar-refractivity contribution in [2.75, 3.05) is 6.54 Å². The van der Waals surface area contributed by atoms with Crippen LogP contribution in [0.15, 0.2) is 24.4 Å². The van der Waals surface area contributed by atoms with Gasteiger partial charge in [-0.25, -0.2) is 0 Å². The molecule has 0 unspecified atom stereocenters. The monoisotopic (exact) mass is 314 g/mol. The van der Waals surface area contributed by atoms with Crippen LogP contribution in [-0.4, -0.2) is 32.2 Å². The van der Waals surface area contributed by atoms with E-state index in [9.17, 15) is 10.1 Å². The Hall–Kier alpha value is -1.95. The lowest BCUT2D eigenvalue weighted by molar-refractivity contribution is -0.384. The lowest BCUT2D eigenvalue weighted by atomic mass is 9.78. The van der Waals surface area contributed by atoms with Crippen molar-refractivity contribution in [3.05, 3.63) is 34.5 Å². The first-order valence-electron chi connectivity index (χ1n) is 8.56. The van der Waals surface area contributed by atoms with Crippen LogP contribution in [0.2, 0.25) is 0 Å². The first-order chi connectivity index (χ1) is 11.2. The van der Waals surface area contributed by atoms with E-state index in [0.717, 1.165) is 30.0 Å². The van der Waals surface area contributed by atoms with Gasteiger partial charge in [-0.1, -0.05) is 12.8 Å². The van der Waals surface area contributed by atoms with Crippen molar-refractivity contribution in [2.24, 2.45) is 5.92 Å². The molecule has 0 bridgehead atoms. The average molecular weight is 314 g/mol. The number of nitro groups is 1. The number of piperidine rings is 1. The third kappa shape index (κ3) is 2.72. The number of aromatic nitrogens is 2. The van der Waals surface area contributed by atoms with Gasteiger partial charge in [0, 0.05) is 30.1 Å². The largest absolute Gasteiger partial charge is 0.281 e. The Bertz CT molecular complexity index is 724. The van der Waals surface area contributed by atoms with Gasteiger partial charge in [-0.05, 0) is 37.7 Å². The number of hydrogen-bond donors (Lipinski definition) is 0. The van der Waals surface area contributed by atoms with Crippen LogP contribution in [0.25, 0.3) is 10.9 Å². The maximum atomic E-state index is 11.0. The summed E-state index contributed by atoms with van der Waals surface area (Å²) >= 11 is 0. The maximum absolute atomic E-state index is 11.0. The molecule has 2 fully saturated rings. The van der Waals surface area contributed by atoms with Crippen molar-refractivity contribution in [1.29, 1.82) is 0 Å². The molecule has 1 saturated carbocycles. The van der Waals surface area contributed by atoms with Gasteiger partial charge in [0.05, 0.1) is 23.3 Å². The zero-order valence-electron chi connectivity index (χ0n) is 13.2. The van der Waals surface area contributed by atoms with Crippen molar-refractivity contribution in [2.45, 2.75) is 51.2 Å². The van der Waals surface area contributed by atoms with Crippen LogP contribution in [0.3, 0.4) is 0 Å². The topological polar surface area (TPSA) is 64.2 Å². The second-order valence-corrected chi connectivity index (χ2v) is 6.85. The molecule has 1 aromatic heterocycles. The second-order valence-electron chi connectivity index (χ2n) is 6.85. The number of fused-ring (bicyclic) bond motifs is 2. The fraction of sp³-hybridized carbons (Fsp3) is 0.588. The standard InChI is InChI=1S/C17H22N4O2/c22-21(23)15-8-7-14-11-18-20(17(14)10-15)12-19-9-3-5-13-4-1-2-6-16(13)19/h7-8,10-11,13,16H,1-6,9,12H2/t13-,16-/m1/s1. The Morgan fingerprint density at radius 2 is 2.04 bits per heavy atom. The summed E-state index contributed by atoms with van der Waals surface area (Å²) in [6, 6.07) is 5.64. The van der Waals surface area contributed by atoms with E-state index in [2.05, 4.69) is 10.00 Å². The third-order valence-electron chi connectivity index (χ3n) is 5.51. The number of likely N-dealkylation sites (tertiary alicyclic amines) is 1. The highest BCUT2D eigenvalue weighted by atomic mass is 16.6. The normalized spacial score (nSPS) is 25.4. The number of benzene rings is 1. The molecule has 0 radical (unpaired) electrons.